The number of pyridine rings is 1. The number of fused-ring (bicyclic) bond motifs is 4. The number of benzene rings is 2. The maximum Gasteiger partial charge on any atom is 0.321 e. The van der Waals surface area contributed by atoms with Gasteiger partial charge in [-0.25, -0.2) is 4.79 Å². The molecule has 2 aliphatic rings. The van der Waals surface area contributed by atoms with E-state index in [9.17, 15) is 9.90 Å². The van der Waals surface area contributed by atoms with Crippen molar-refractivity contribution in [3.63, 3.8) is 0 Å². The normalized spacial score (nSPS) is 14.6. The number of amides is 2. The van der Waals surface area contributed by atoms with E-state index in [4.69, 9.17) is 14.2 Å². The summed E-state index contributed by atoms with van der Waals surface area (Å²) in [4.78, 5) is 18.1. The second-order valence-electron chi connectivity index (χ2n) is 6.79. The smallest absolute Gasteiger partial charge is 0.321 e. The van der Waals surface area contributed by atoms with E-state index in [2.05, 4.69) is 10.3 Å². The first kappa shape index (κ1) is 17.4. The highest BCUT2D eigenvalue weighted by Gasteiger charge is 2.25. The minimum absolute atomic E-state index is 0.0890. The van der Waals surface area contributed by atoms with Crippen molar-refractivity contribution in [2.45, 2.75) is 6.42 Å². The van der Waals surface area contributed by atoms with Gasteiger partial charge >= 0.3 is 6.03 Å². The minimum Gasteiger partial charge on any atom is -0.504 e. The van der Waals surface area contributed by atoms with Gasteiger partial charge in [0.25, 0.3) is 0 Å². The second kappa shape index (κ2) is 6.73. The van der Waals surface area contributed by atoms with Crippen LogP contribution in [0.25, 0.3) is 10.9 Å². The van der Waals surface area contributed by atoms with Gasteiger partial charge in [-0.1, -0.05) is 0 Å². The fourth-order valence-corrected chi connectivity index (χ4v) is 3.81. The Hall–Kier alpha value is -3.68. The molecule has 3 heterocycles. The summed E-state index contributed by atoms with van der Waals surface area (Å²) in [5.41, 5.74) is 2.23. The molecule has 0 aliphatic carbocycles. The lowest BCUT2D eigenvalue weighted by Crippen LogP contribution is -2.42. The van der Waals surface area contributed by atoms with Gasteiger partial charge in [-0.2, -0.15) is 0 Å². The zero-order chi connectivity index (χ0) is 20.0. The standard InChI is InChI=1S/C21H19N3O5/c1-22-21(26)24-7-9-27-18-10-12(2-3-15(18)24)29-17-4-6-23-14-11-16(25)20-13(19(14)17)5-8-28-20/h2-4,6,10-11,25H,5,7-9H2,1H3,(H,22,26). The molecule has 0 saturated carbocycles. The number of nitrogens with one attached hydrogen (secondary N) is 1. The van der Waals surface area contributed by atoms with Gasteiger partial charge in [0.2, 0.25) is 0 Å². The molecule has 29 heavy (non-hydrogen) atoms. The van der Waals surface area contributed by atoms with Crippen LogP contribution < -0.4 is 24.4 Å². The molecule has 0 saturated heterocycles. The number of carbonyl (C=O) groups is 1. The Labute approximate surface area is 166 Å². The zero-order valence-electron chi connectivity index (χ0n) is 15.8. The summed E-state index contributed by atoms with van der Waals surface area (Å²) < 4.78 is 17.5. The Morgan fingerprint density at radius 1 is 1.24 bits per heavy atom. The number of phenolic OH excluding ortho intramolecular Hbond substituents is 1. The minimum atomic E-state index is -0.182. The van der Waals surface area contributed by atoms with Crippen LogP contribution in [0.5, 0.6) is 28.7 Å². The van der Waals surface area contributed by atoms with Crippen molar-refractivity contribution >= 4 is 22.6 Å². The van der Waals surface area contributed by atoms with Crippen molar-refractivity contribution in [3.8, 4) is 28.7 Å². The summed E-state index contributed by atoms with van der Waals surface area (Å²) >= 11 is 0. The molecule has 0 radical (unpaired) electrons. The van der Waals surface area contributed by atoms with Crippen LogP contribution in [0.15, 0.2) is 36.5 Å². The quantitative estimate of drug-likeness (QED) is 0.695. The summed E-state index contributed by atoms with van der Waals surface area (Å²) in [7, 11) is 1.60. The van der Waals surface area contributed by atoms with Crippen LogP contribution in [-0.4, -0.2) is 42.9 Å². The van der Waals surface area contributed by atoms with Crippen LogP contribution in [0.2, 0.25) is 0 Å². The van der Waals surface area contributed by atoms with Crippen LogP contribution in [0.4, 0.5) is 10.5 Å². The summed E-state index contributed by atoms with van der Waals surface area (Å²) in [5, 5.41) is 13.6. The average molecular weight is 393 g/mol. The van der Waals surface area contributed by atoms with E-state index >= 15 is 0 Å². The molecular weight excluding hydrogens is 374 g/mol. The Morgan fingerprint density at radius 3 is 3.00 bits per heavy atom. The van der Waals surface area contributed by atoms with E-state index in [0.29, 0.717) is 60.4 Å². The number of nitrogens with zero attached hydrogens (tertiary/aromatic N) is 2. The highest BCUT2D eigenvalue weighted by Crippen LogP contribution is 2.44. The summed E-state index contributed by atoms with van der Waals surface area (Å²) in [6.07, 6.45) is 2.32. The molecule has 0 fully saturated rings. The van der Waals surface area contributed by atoms with Gasteiger partial charge < -0.3 is 24.6 Å². The molecule has 0 atom stereocenters. The largest absolute Gasteiger partial charge is 0.504 e. The van der Waals surface area contributed by atoms with Crippen molar-refractivity contribution in [1.29, 1.82) is 0 Å². The average Bonchev–Trinajstić information content (AvgIpc) is 3.23. The van der Waals surface area contributed by atoms with Gasteiger partial charge in [-0.05, 0) is 18.2 Å². The number of phenols is 1. The van der Waals surface area contributed by atoms with E-state index in [1.54, 1.807) is 42.4 Å². The number of carbonyl (C=O) groups excluding carboxylic acids is 1. The maximum atomic E-state index is 12.1. The van der Waals surface area contributed by atoms with Crippen molar-refractivity contribution in [2.75, 3.05) is 31.7 Å². The highest BCUT2D eigenvalue weighted by atomic mass is 16.5. The number of aromatic hydroxyl groups is 1. The fourth-order valence-electron chi connectivity index (χ4n) is 3.81. The van der Waals surface area contributed by atoms with E-state index in [0.717, 1.165) is 10.9 Å². The van der Waals surface area contributed by atoms with E-state index in [1.165, 1.54) is 0 Å². The lowest BCUT2D eigenvalue weighted by atomic mass is 10.0. The molecule has 2 aliphatic heterocycles. The summed E-state index contributed by atoms with van der Waals surface area (Å²) in [5.74, 6) is 2.37. The Balaban J connectivity index is 1.54. The number of urea groups is 1. The topological polar surface area (TPSA) is 93.2 Å². The number of hydrogen-bond acceptors (Lipinski definition) is 6. The van der Waals surface area contributed by atoms with Crippen LogP contribution in [-0.2, 0) is 6.42 Å². The lowest BCUT2D eigenvalue weighted by Gasteiger charge is -2.29. The van der Waals surface area contributed by atoms with Crippen molar-refractivity contribution < 1.29 is 24.1 Å². The van der Waals surface area contributed by atoms with Gasteiger partial charge in [0.1, 0.15) is 23.9 Å². The first-order chi connectivity index (χ1) is 14.2. The zero-order valence-corrected chi connectivity index (χ0v) is 15.8. The second-order valence-corrected chi connectivity index (χ2v) is 6.79. The predicted octanol–water partition coefficient (Wildman–Crippen LogP) is 3.21. The SMILES string of the molecule is CNC(=O)N1CCOc2cc(Oc3ccnc4cc(O)c5c(c34)CCO5)ccc21. The molecule has 2 N–H and O–H groups in total. The molecule has 0 bridgehead atoms. The van der Waals surface area contributed by atoms with Crippen molar-refractivity contribution in [1.82, 2.24) is 10.3 Å². The van der Waals surface area contributed by atoms with Crippen LogP contribution in [0, 0.1) is 0 Å². The van der Waals surface area contributed by atoms with Crippen molar-refractivity contribution in [2.24, 2.45) is 0 Å². The Kier molecular flexibility index (Phi) is 4.04. The monoisotopic (exact) mass is 393 g/mol. The number of hydrogen-bond donors (Lipinski definition) is 2. The van der Waals surface area contributed by atoms with Crippen LogP contribution in [0.3, 0.4) is 0 Å². The van der Waals surface area contributed by atoms with Gasteiger partial charge in [-0.3, -0.25) is 9.88 Å². The highest BCUT2D eigenvalue weighted by molar-refractivity contribution is 5.94. The number of ether oxygens (including phenoxy) is 3. The fraction of sp³-hybridized carbons (Fsp3) is 0.238. The number of anilines is 1. The molecule has 2 aromatic carbocycles. The summed E-state index contributed by atoms with van der Waals surface area (Å²) in [6, 6.07) is 8.57. The molecule has 2 amide bonds. The molecule has 0 unspecified atom stereocenters. The maximum absolute atomic E-state index is 12.1. The predicted molar refractivity (Wildman–Crippen MR) is 106 cm³/mol. The molecule has 0 spiro atoms. The van der Waals surface area contributed by atoms with E-state index in [-0.39, 0.29) is 11.8 Å². The third-order valence-corrected chi connectivity index (χ3v) is 5.10. The molecule has 8 nitrogen and oxygen atoms in total. The first-order valence-electron chi connectivity index (χ1n) is 9.36. The Bertz CT molecular complexity index is 1130. The number of aromatic nitrogens is 1. The van der Waals surface area contributed by atoms with Gasteiger partial charge in [0.05, 0.1) is 29.7 Å². The van der Waals surface area contributed by atoms with E-state index in [1.807, 2.05) is 6.07 Å². The van der Waals surface area contributed by atoms with Gasteiger partial charge in [-0.15, -0.1) is 0 Å². The van der Waals surface area contributed by atoms with E-state index < -0.39 is 0 Å². The molecule has 5 rings (SSSR count). The molecule has 1 aromatic heterocycles. The molecule has 148 valence electrons. The Morgan fingerprint density at radius 2 is 2.14 bits per heavy atom. The van der Waals surface area contributed by atoms with Gasteiger partial charge in [0, 0.05) is 37.4 Å². The molecule has 8 heteroatoms. The van der Waals surface area contributed by atoms with Crippen LogP contribution >= 0.6 is 0 Å². The molecule has 3 aromatic rings. The molecular formula is C21H19N3O5. The number of rotatable bonds is 2. The van der Waals surface area contributed by atoms with Crippen LogP contribution in [0.1, 0.15) is 5.56 Å². The summed E-state index contributed by atoms with van der Waals surface area (Å²) in [6.45, 7) is 1.40. The first-order valence-corrected chi connectivity index (χ1v) is 9.36. The van der Waals surface area contributed by atoms with Gasteiger partial charge in [0.15, 0.2) is 11.5 Å². The third-order valence-electron chi connectivity index (χ3n) is 5.10. The lowest BCUT2D eigenvalue weighted by molar-refractivity contribution is 0.241. The third kappa shape index (κ3) is 2.84. The van der Waals surface area contributed by atoms with Crippen molar-refractivity contribution in [3.05, 3.63) is 42.1 Å².